The van der Waals surface area contributed by atoms with Crippen LogP contribution < -0.4 is 4.74 Å². The first-order chi connectivity index (χ1) is 16.8. The second-order valence-electron chi connectivity index (χ2n) is 8.10. The van der Waals surface area contributed by atoms with Crippen LogP contribution in [0.1, 0.15) is 17.2 Å². The average molecular weight is 576 g/mol. The number of thiophene rings is 1. The van der Waals surface area contributed by atoms with Crippen molar-refractivity contribution in [3.05, 3.63) is 79.4 Å². The molecule has 1 atom stereocenters. The summed E-state index contributed by atoms with van der Waals surface area (Å²) in [6, 6.07) is 16.8. The van der Waals surface area contributed by atoms with Crippen molar-refractivity contribution in [2.24, 2.45) is 0 Å². The first-order valence-electron chi connectivity index (χ1n) is 10.9. The lowest BCUT2D eigenvalue weighted by atomic mass is 10.1. The van der Waals surface area contributed by atoms with E-state index in [1.54, 1.807) is 7.11 Å². The Hall–Kier alpha value is -1.36. The van der Waals surface area contributed by atoms with Crippen LogP contribution in [0, 0.1) is 0 Å². The van der Waals surface area contributed by atoms with Gasteiger partial charge in [0.15, 0.2) is 0 Å². The van der Waals surface area contributed by atoms with E-state index in [9.17, 15) is 8.42 Å². The van der Waals surface area contributed by atoms with E-state index in [0.717, 1.165) is 28.2 Å². The van der Waals surface area contributed by atoms with Crippen molar-refractivity contribution in [3.8, 4) is 5.75 Å². The summed E-state index contributed by atoms with van der Waals surface area (Å²) in [5, 5.41) is 0.661. The molecule has 35 heavy (non-hydrogen) atoms. The molecule has 0 saturated carbocycles. The zero-order valence-electron chi connectivity index (χ0n) is 19.0. The van der Waals surface area contributed by atoms with Crippen LogP contribution in [0.2, 0.25) is 13.7 Å². The minimum absolute atomic E-state index is 0.0710. The molecule has 6 nitrogen and oxygen atoms in total. The lowest BCUT2D eigenvalue weighted by Gasteiger charge is -2.35. The van der Waals surface area contributed by atoms with Gasteiger partial charge in [0.2, 0.25) is 10.0 Å². The Morgan fingerprint density at radius 3 is 2.40 bits per heavy atom. The van der Waals surface area contributed by atoms with Crippen LogP contribution in [-0.4, -0.2) is 57.5 Å². The van der Waals surface area contributed by atoms with E-state index < -0.39 is 10.0 Å². The number of hydrogen-bond donors (Lipinski definition) is 0. The van der Waals surface area contributed by atoms with Crippen molar-refractivity contribution < 1.29 is 17.9 Å². The van der Waals surface area contributed by atoms with Gasteiger partial charge in [-0.2, -0.15) is 4.31 Å². The minimum Gasteiger partial charge on any atom is -0.497 e. The Morgan fingerprint density at radius 1 is 1.00 bits per heavy atom. The first kappa shape index (κ1) is 26.7. The van der Waals surface area contributed by atoms with Crippen LogP contribution in [0.5, 0.6) is 5.75 Å². The van der Waals surface area contributed by atoms with Gasteiger partial charge in [0.05, 0.1) is 24.2 Å². The third-order valence-corrected chi connectivity index (χ3v) is 9.69. The number of hydrogen-bond acceptors (Lipinski definition) is 6. The van der Waals surface area contributed by atoms with Crippen molar-refractivity contribution in [3.63, 3.8) is 0 Å². The fraction of sp³-hybridized carbons (Fsp3) is 0.333. The lowest BCUT2D eigenvalue weighted by Crippen LogP contribution is -2.49. The molecule has 0 amide bonds. The molecule has 0 N–H and O–H groups in total. The predicted octanol–water partition coefficient (Wildman–Crippen LogP) is 5.98. The molecule has 2 heterocycles. The maximum atomic E-state index is 13.1. The molecule has 4 rings (SSSR count). The average Bonchev–Trinajstić information content (AvgIpc) is 3.20. The third kappa shape index (κ3) is 6.70. The van der Waals surface area contributed by atoms with Crippen molar-refractivity contribution >= 4 is 56.2 Å². The normalized spacial score (nSPS) is 16.3. The number of nitrogens with zero attached hydrogens (tertiary/aromatic N) is 2. The number of sulfonamides is 1. The Morgan fingerprint density at radius 2 is 1.74 bits per heavy atom. The molecule has 188 valence electrons. The van der Waals surface area contributed by atoms with Crippen molar-refractivity contribution in [1.29, 1.82) is 0 Å². The van der Waals surface area contributed by atoms with Crippen molar-refractivity contribution in [1.82, 2.24) is 9.21 Å². The van der Waals surface area contributed by atoms with Crippen LogP contribution in [0.4, 0.5) is 0 Å². The van der Waals surface area contributed by atoms with Crippen molar-refractivity contribution in [2.75, 3.05) is 39.8 Å². The van der Waals surface area contributed by atoms with Gasteiger partial charge in [0, 0.05) is 37.7 Å². The van der Waals surface area contributed by atoms with Gasteiger partial charge in [-0.3, -0.25) is 4.90 Å². The zero-order valence-corrected chi connectivity index (χ0v) is 22.9. The number of piperazine rings is 1. The summed E-state index contributed by atoms with van der Waals surface area (Å²) < 4.78 is 39.8. The van der Waals surface area contributed by atoms with Gasteiger partial charge in [0.25, 0.3) is 0 Å². The molecular formula is C24H25Cl3N2O4S2. The summed E-state index contributed by atoms with van der Waals surface area (Å²) in [5.74, 6) is 0.751. The second kappa shape index (κ2) is 11.8. The Balaban J connectivity index is 1.45. The summed E-state index contributed by atoms with van der Waals surface area (Å²) in [6.07, 6.45) is -0.239. The molecule has 0 radical (unpaired) electrons. The van der Waals surface area contributed by atoms with Crippen LogP contribution in [0.3, 0.4) is 0 Å². The van der Waals surface area contributed by atoms with E-state index in [-0.39, 0.29) is 15.3 Å². The van der Waals surface area contributed by atoms with Gasteiger partial charge < -0.3 is 9.47 Å². The highest BCUT2D eigenvalue weighted by atomic mass is 35.5. The van der Waals surface area contributed by atoms with Gasteiger partial charge >= 0.3 is 0 Å². The number of benzene rings is 2. The molecule has 1 fully saturated rings. The number of methoxy groups -OCH3 is 1. The van der Waals surface area contributed by atoms with E-state index in [1.165, 1.54) is 10.4 Å². The van der Waals surface area contributed by atoms with E-state index in [2.05, 4.69) is 4.90 Å². The van der Waals surface area contributed by atoms with Gasteiger partial charge in [0.1, 0.15) is 15.0 Å². The van der Waals surface area contributed by atoms with Gasteiger partial charge in [-0.1, -0.05) is 59.1 Å². The third-order valence-electron chi connectivity index (χ3n) is 5.80. The van der Waals surface area contributed by atoms with Crippen LogP contribution in [0.25, 0.3) is 0 Å². The standard InChI is InChI=1S/C24H25Cl3N2O4S2/c1-32-20-7-3-5-18(13-20)21(33-16-17-4-2-6-19(25)12-17)15-28-8-10-29(11-9-28)35(30,31)22-14-23(26)34-24(22)27/h2-7,12-14,21H,8-11,15-16H2,1H3/t21-/m1/s1. The summed E-state index contributed by atoms with van der Waals surface area (Å²) >= 11 is 19.3. The fourth-order valence-electron chi connectivity index (χ4n) is 3.95. The molecule has 1 aromatic heterocycles. The number of rotatable bonds is 9. The Bertz CT molecular complexity index is 1260. The zero-order chi connectivity index (χ0) is 25.0. The van der Waals surface area contributed by atoms with E-state index in [4.69, 9.17) is 44.3 Å². The predicted molar refractivity (Wildman–Crippen MR) is 142 cm³/mol. The maximum Gasteiger partial charge on any atom is 0.245 e. The minimum atomic E-state index is -3.69. The Labute approximate surface area is 225 Å². The smallest absolute Gasteiger partial charge is 0.245 e. The second-order valence-corrected chi connectivity index (χ2v) is 12.7. The highest BCUT2D eigenvalue weighted by Gasteiger charge is 2.32. The number of ether oxygens (including phenoxy) is 2. The number of halogens is 3. The molecule has 3 aromatic rings. The van der Waals surface area contributed by atoms with Gasteiger partial charge in [-0.05, 0) is 41.5 Å². The van der Waals surface area contributed by atoms with Crippen LogP contribution in [-0.2, 0) is 21.4 Å². The molecule has 1 aliphatic rings. The molecule has 2 aromatic carbocycles. The van der Waals surface area contributed by atoms with Crippen molar-refractivity contribution in [2.45, 2.75) is 17.6 Å². The molecule has 1 aliphatic heterocycles. The highest BCUT2D eigenvalue weighted by Crippen LogP contribution is 2.36. The quantitative estimate of drug-likeness (QED) is 0.314. The SMILES string of the molecule is COc1cccc([C@@H](CN2CCN(S(=O)(=O)c3cc(Cl)sc3Cl)CC2)OCc2cccc(Cl)c2)c1. The molecule has 0 unspecified atom stereocenters. The molecule has 0 aliphatic carbocycles. The van der Waals surface area contributed by atoms with Crippen LogP contribution in [0.15, 0.2) is 59.5 Å². The highest BCUT2D eigenvalue weighted by molar-refractivity contribution is 7.89. The molecule has 1 saturated heterocycles. The van der Waals surface area contributed by atoms with E-state index in [0.29, 0.717) is 48.7 Å². The Kier molecular flexibility index (Phi) is 8.99. The fourth-order valence-corrected chi connectivity index (χ4v) is 7.69. The first-order valence-corrected chi connectivity index (χ1v) is 14.3. The lowest BCUT2D eigenvalue weighted by molar-refractivity contribution is 0.00763. The summed E-state index contributed by atoms with van der Waals surface area (Å²) in [5.41, 5.74) is 1.97. The monoisotopic (exact) mass is 574 g/mol. The molecular weight excluding hydrogens is 551 g/mol. The topological polar surface area (TPSA) is 59.1 Å². The van der Waals surface area contributed by atoms with Gasteiger partial charge in [-0.15, -0.1) is 11.3 Å². The summed E-state index contributed by atoms with van der Waals surface area (Å²) in [6.45, 7) is 2.84. The maximum absolute atomic E-state index is 13.1. The summed E-state index contributed by atoms with van der Waals surface area (Å²) in [4.78, 5) is 2.28. The van der Waals surface area contributed by atoms with E-state index in [1.807, 2.05) is 48.5 Å². The van der Waals surface area contributed by atoms with E-state index >= 15 is 0 Å². The van der Waals surface area contributed by atoms with Gasteiger partial charge in [-0.25, -0.2) is 8.42 Å². The molecule has 11 heteroatoms. The largest absolute Gasteiger partial charge is 0.497 e. The van der Waals surface area contributed by atoms with Crippen LogP contribution >= 0.6 is 46.1 Å². The summed E-state index contributed by atoms with van der Waals surface area (Å²) in [7, 11) is -2.06. The molecule has 0 spiro atoms. The molecule has 0 bridgehead atoms.